The second-order valence-corrected chi connectivity index (χ2v) is 2.45. The van der Waals surface area contributed by atoms with Crippen molar-refractivity contribution in [2.75, 3.05) is 0 Å². The predicted octanol–water partition coefficient (Wildman–Crippen LogP) is 2.52. The summed E-state index contributed by atoms with van der Waals surface area (Å²) in [7, 11) is 0. The van der Waals surface area contributed by atoms with Crippen LogP contribution in [0.15, 0.2) is 48.6 Å². The van der Waals surface area contributed by atoms with E-state index in [4.69, 9.17) is 10.2 Å². The molecule has 0 aromatic carbocycles. The highest BCUT2D eigenvalue weighted by atomic mass is 32.1. The Balaban J connectivity index is -0.000000218. The minimum absolute atomic E-state index is 0. The first kappa shape index (κ1) is 20.6. The lowest BCUT2D eigenvalue weighted by Crippen LogP contribution is -1.83. The highest BCUT2D eigenvalue weighted by molar-refractivity contribution is 7.59. The van der Waals surface area contributed by atoms with E-state index >= 15 is 0 Å². The summed E-state index contributed by atoms with van der Waals surface area (Å²) in [5.74, 6) is -1.83. The first-order chi connectivity index (χ1) is 7.54. The molecule has 0 bridgehead atoms. The van der Waals surface area contributed by atoms with E-state index in [1.807, 2.05) is 13.8 Å². The summed E-state index contributed by atoms with van der Waals surface area (Å²) in [4.78, 5) is 19.5. The fourth-order valence-corrected chi connectivity index (χ4v) is 0.498. The van der Waals surface area contributed by atoms with Crippen LogP contribution in [0.25, 0.3) is 0 Å². The Bertz CT molecular complexity index is 282. The molecule has 0 rings (SSSR count). The molecule has 0 saturated heterocycles. The van der Waals surface area contributed by atoms with Crippen molar-refractivity contribution in [2.45, 2.75) is 13.8 Å². The van der Waals surface area contributed by atoms with E-state index in [0.29, 0.717) is 0 Å². The van der Waals surface area contributed by atoms with Gasteiger partial charge in [0.05, 0.1) is 0 Å². The van der Waals surface area contributed by atoms with Gasteiger partial charge in [-0.05, 0) is 13.8 Å². The lowest BCUT2D eigenvalue weighted by atomic mass is 10.4. The zero-order valence-corrected chi connectivity index (χ0v) is 10.8. The number of rotatable bonds is 4. The Hall–Kier alpha value is -1.75. The number of hydrogen-bond donors (Lipinski definition) is 2. The second-order valence-electron chi connectivity index (χ2n) is 2.45. The average Bonchev–Trinajstić information content (AvgIpc) is 2.18. The summed E-state index contributed by atoms with van der Waals surface area (Å²) < 4.78 is 0. The minimum atomic E-state index is -0.914. The maximum absolute atomic E-state index is 9.75. The van der Waals surface area contributed by atoms with E-state index in [2.05, 4.69) is 0 Å². The fraction of sp³-hybridized carbons (Fsp3) is 0.167. The van der Waals surface area contributed by atoms with Crippen LogP contribution in [0.5, 0.6) is 0 Å². The maximum atomic E-state index is 9.75. The molecule has 0 amide bonds. The van der Waals surface area contributed by atoms with Crippen molar-refractivity contribution in [1.82, 2.24) is 0 Å². The van der Waals surface area contributed by atoms with Crippen LogP contribution in [0.3, 0.4) is 0 Å². The van der Waals surface area contributed by atoms with Gasteiger partial charge < -0.3 is 10.2 Å². The molecule has 2 N–H and O–H groups in total. The van der Waals surface area contributed by atoms with Gasteiger partial charge in [-0.25, -0.2) is 9.59 Å². The quantitative estimate of drug-likeness (QED) is 0.600. The molecule has 17 heavy (non-hydrogen) atoms. The monoisotopic (exact) mass is 258 g/mol. The molecule has 0 aromatic rings. The largest absolute Gasteiger partial charge is 0.478 e. The summed E-state index contributed by atoms with van der Waals surface area (Å²) in [6.45, 7) is 3.65. The molecule has 5 heteroatoms. The van der Waals surface area contributed by atoms with Crippen molar-refractivity contribution in [3.05, 3.63) is 48.6 Å². The van der Waals surface area contributed by atoms with Crippen molar-refractivity contribution in [2.24, 2.45) is 0 Å². The molecule has 96 valence electrons. The van der Waals surface area contributed by atoms with Crippen molar-refractivity contribution in [3.8, 4) is 0 Å². The van der Waals surface area contributed by atoms with E-state index < -0.39 is 11.9 Å². The zero-order valence-electron chi connectivity index (χ0n) is 9.83. The topological polar surface area (TPSA) is 74.6 Å². The lowest BCUT2D eigenvalue weighted by molar-refractivity contribution is -0.132. The van der Waals surface area contributed by atoms with E-state index in [1.54, 1.807) is 24.3 Å². The van der Waals surface area contributed by atoms with Gasteiger partial charge in [0.2, 0.25) is 0 Å². The molecule has 0 radical (unpaired) electrons. The summed E-state index contributed by atoms with van der Waals surface area (Å²) in [6.07, 6.45) is 12.0. The molecule has 0 saturated carbocycles. The predicted molar refractivity (Wildman–Crippen MR) is 73.6 cm³/mol. The van der Waals surface area contributed by atoms with Gasteiger partial charge in [0.25, 0.3) is 0 Å². The van der Waals surface area contributed by atoms with E-state index in [9.17, 15) is 9.59 Å². The fourth-order valence-electron chi connectivity index (χ4n) is 0.498. The first-order valence-electron chi connectivity index (χ1n) is 4.59. The molecule has 0 aliphatic carbocycles. The minimum Gasteiger partial charge on any atom is -0.478 e. The maximum Gasteiger partial charge on any atom is 0.328 e. The Labute approximate surface area is 108 Å². The molecule has 4 nitrogen and oxygen atoms in total. The Morgan fingerprint density at radius 3 is 1.24 bits per heavy atom. The van der Waals surface area contributed by atoms with Crippen molar-refractivity contribution in [1.29, 1.82) is 0 Å². The standard InChI is InChI=1S/2C6H8O2.H2S/c2*1-2-3-4-5-6(7)8;/h2*2-5H,1H3,(H,7,8);1H2/b2*3-2+,5-4+;. The van der Waals surface area contributed by atoms with Crippen LogP contribution in [0.2, 0.25) is 0 Å². The number of carboxylic acids is 2. The molecular weight excluding hydrogens is 240 g/mol. The molecule has 0 atom stereocenters. The van der Waals surface area contributed by atoms with Crippen molar-refractivity contribution >= 4 is 25.4 Å². The van der Waals surface area contributed by atoms with E-state index in [1.165, 1.54) is 12.2 Å². The number of allylic oxidation sites excluding steroid dienone is 6. The van der Waals surface area contributed by atoms with Gasteiger partial charge in [-0.15, -0.1) is 0 Å². The summed E-state index contributed by atoms with van der Waals surface area (Å²) >= 11 is 0. The summed E-state index contributed by atoms with van der Waals surface area (Å²) in [6, 6.07) is 0. The smallest absolute Gasteiger partial charge is 0.328 e. The van der Waals surface area contributed by atoms with E-state index in [0.717, 1.165) is 12.2 Å². The third-order valence-corrected chi connectivity index (χ3v) is 1.08. The van der Waals surface area contributed by atoms with Crippen LogP contribution in [-0.2, 0) is 9.59 Å². The normalized spacial score (nSPS) is 10.5. The van der Waals surface area contributed by atoms with Gasteiger partial charge in [0.1, 0.15) is 0 Å². The zero-order chi connectivity index (χ0) is 12.8. The third-order valence-electron chi connectivity index (χ3n) is 1.08. The number of carboxylic acid groups (broad SMARTS) is 2. The van der Waals surface area contributed by atoms with Gasteiger partial charge in [0.15, 0.2) is 0 Å². The van der Waals surface area contributed by atoms with Crippen LogP contribution >= 0.6 is 13.5 Å². The third kappa shape index (κ3) is 31.4. The van der Waals surface area contributed by atoms with Crippen molar-refractivity contribution < 1.29 is 19.8 Å². The van der Waals surface area contributed by atoms with Crippen LogP contribution in [-0.4, -0.2) is 22.2 Å². The van der Waals surface area contributed by atoms with Crippen LogP contribution in [0.4, 0.5) is 0 Å². The van der Waals surface area contributed by atoms with Crippen LogP contribution in [0, 0.1) is 0 Å². The highest BCUT2D eigenvalue weighted by Gasteiger charge is 1.79. The average molecular weight is 258 g/mol. The molecule has 0 unspecified atom stereocenters. The first-order valence-corrected chi connectivity index (χ1v) is 4.59. The lowest BCUT2D eigenvalue weighted by Gasteiger charge is -1.72. The summed E-state index contributed by atoms with van der Waals surface area (Å²) in [5.41, 5.74) is 0. The Morgan fingerprint density at radius 2 is 1.06 bits per heavy atom. The Kier molecular flexibility index (Phi) is 20.2. The molecule has 0 heterocycles. The van der Waals surface area contributed by atoms with Gasteiger partial charge in [-0.1, -0.05) is 36.5 Å². The highest BCUT2D eigenvalue weighted by Crippen LogP contribution is 1.75. The van der Waals surface area contributed by atoms with Gasteiger partial charge in [-0.2, -0.15) is 13.5 Å². The van der Waals surface area contributed by atoms with Crippen molar-refractivity contribution in [3.63, 3.8) is 0 Å². The van der Waals surface area contributed by atoms with Gasteiger partial charge >= 0.3 is 11.9 Å². The Morgan fingerprint density at radius 1 is 0.765 bits per heavy atom. The van der Waals surface area contributed by atoms with E-state index in [-0.39, 0.29) is 13.5 Å². The van der Waals surface area contributed by atoms with Gasteiger partial charge in [-0.3, -0.25) is 0 Å². The van der Waals surface area contributed by atoms with Crippen LogP contribution < -0.4 is 0 Å². The molecule has 0 spiro atoms. The number of carbonyl (C=O) groups is 2. The number of aliphatic carboxylic acids is 2. The molecule has 0 fully saturated rings. The molecule has 0 aliphatic heterocycles. The second kappa shape index (κ2) is 16.7. The molecule has 0 aliphatic rings. The van der Waals surface area contributed by atoms with Gasteiger partial charge in [0, 0.05) is 12.2 Å². The SMILES string of the molecule is C/C=C/C=C/C(=O)O.C/C=C/C=C/C(=O)O.S. The molecule has 0 aromatic heterocycles. The number of hydrogen-bond acceptors (Lipinski definition) is 2. The van der Waals surface area contributed by atoms with Crippen LogP contribution in [0.1, 0.15) is 13.8 Å². The summed E-state index contributed by atoms with van der Waals surface area (Å²) in [5, 5.41) is 16.0. The molecular formula is C12H18O4S.